The summed E-state index contributed by atoms with van der Waals surface area (Å²) in [4.78, 5) is 0. The molecule has 2 nitrogen and oxygen atoms in total. The van der Waals surface area contributed by atoms with Gasteiger partial charge in [0.05, 0.1) is 27.8 Å². The number of hydrogen-bond donors (Lipinski definition) is 0. The van der Waals surface area contributed by atoms with Crippen LogP contribution in [0.5, 0.6) is 0 Å². The van der Waals surface area contributed by atoms with Crippen LogP contribution in [0.3, 0.4) is 0 Å². The van der Waals surface area contributed by atoms with Gasteiger partial charge in [-0.1, -0.05) is 321 Å². The Labute approximate surface area is 617 Å². The van der Waals surface area contributed by atoms with Gasteiger partial charge in [-0.2, -0.15) is 0 Å². The average Bonchev–Trinajstić information content (AvgIpc) is 1.56. The summed E-state index contributed by atoms with van der Waals surface area (Å²) < 4.78 is 4.98. The van der Waals surface area contributed by atoms with Crippen LogP contribution in [0.2, 0.25) is 0 Å². The molecule has 23 aromatic rings. The van der Waals surface area contributed by atoms with Crippen LogP contribution >= 0.6 is 0 Å². The molecule has 0 saturated carbocycles. The zero-order valence-electron chi connectivity index (χ0n) is 58.8. The van der Waals surface area contributed by atoms with Crippen LogP contribution in [0.1, 0.15) is 5.56 Å². The minimum atomic E-state index is 1.16. The van der Waals surface area contributed by atoms with E-state index in [9.17, 15) is 0 Å². The van der Waals surface area contributed by atoms with Crippen molar-refractivity contribution >= 4 is 162 Å². The molecule has 496 valence electrons. The molecule has 0 aliphatic rings. The highest BCUT2D eigenvalue weighted by atomic mass is 15.0. The summed E-state index contributed by atoms with van der Waals surface area (Å²) in [5.41, 5.74) is 18.6. The van der Waals surface area contributed by atoms with Gasteiger partial charge in [0.25, 0.3) is 0 Å². The van der Waals surface area contributed by atoms with Crippen molar-refractivity contribution in [2.75, 3.05) is 0 Å². The number of hydrogen-bond acceptors (Lipinski definition) is 0. The fourth-order valence-electron chi connectivity index (χ4n) is 18.4. The SMILES string of the molecule is Cc1ccc(-c2c3ccccc3c(-c3ccc(-n4c5ccc6ccccc6c5c5c6cc7ccccc7cc6ccc54)cc3)c3ccccc23)cc1.c1ccc(-c2c3ccccc3c(-c3cccc4c(-n5c6ccc7ccccc7c6c6c7cc8ccccc8cc7ccc65)cccc34)c3ccccc23)cc1. The van der Waals surface area contributed by atoms with E-state index < -0.39 is 0 Å². The van der Waals surface area contributed by atoms with Gasteiger partial charge in [-0.05, 0) is 231 Å². The van der Waals surface area contributed by atoms with Crippen molar-refractivity contribution in [2.24, 2.45) is 0 Å². The number of benzene rings is 21. The Kier molecular flexibility index (Phi) is 13.7. The van der Waals surface area contributed by atoms with Crippen molar-refractivity contribution in [3.8, 4) is 55.9 Å². The summed E-state index contributed by atoms with van der Waals surface area (Å²) >= 11 is 0. The number of aromatic nitrogens is 2. The lowest BCUT2D eigenvalue weighted by molar-refractivity contribution is 1.18. The maximum atomic E-state index is 2.52. The van der Waals surface area contributed by atoms with Crippen molar-refractivity contribution < 1.29 is 0 Å². The zero-order chi connectivity index (χ0) is 70.4. The molecule has 0 aliphatic carbocycles. The van der Waals surface area contributed by atoms with Crippen molar-refractivity contribution in [2.45, 2.75) is 6.92 Å². The molecule has 0 spiro atoms. The highest BCUT2D eigenvalue weighted by Gasteiger charge is 2.25. The van der Waals surface area contributed by atoms with Gasteiger partial charge < -0.3 is 9.13 Å². The molecule has 2 heteroatoms. The molecule has 0 radical (unpaired) electrons. The standard InChI is InChI=1S/C54H33N.C51H33N/c1-2-15-35(16-3-1)51-43-20-8-10-22-45(43)52(46-23-11-9-21-44(46)51)42-26-12-25-41-40(42)24-13-27-48(41)55-49-30-28-34-14-6-7-19-39(34)53(49)54-47-33-37-18-5-4-17-36(37)32-38(47)29-31-50(54)55;1-32-18-20-34(21-19-32)48-41-14-6-8-16-43(41)49(44-17-9-7-15-42(44)48)35-22-26-39(27-23-35)52-46-28-24-33-10-4-5-13-40(33)50(46)51-45-31-37-12-3-2-11-36(37)30-38(45)25-29-47(51)52/h1-33H;2-31H,1H3. The molecule has 21 aromatic carbocycles. The van der Waals surface area contributed by atoms with E-state index in [1.807, 2.05) is 0 Å². The molecule has 0 amide bonds. The lowest BCUT2D eigenvalue weighted by atomic mass is 9.84. The predicted molar refractivity (Wildman–Crippen MR) is 461 cm³/mol. The number of fused-ring (bicyclic) bond motifs is 21. The van der Waals surface area contributed by atoms with E-state index in [-0.39, 0.29) is 0 Å². The fourth-order valence-corrected chi connectivity index (χ4v) is 18.4. The molecule has 0 unspecified atom stereocenters. The first-order chi connectivity index (χ1) is 53.0. The molecule has 107 heavy (non-hydrogen) atoms. The summed E-state index contributed by atoms with van der Waals surface area (Å²) in [7, 11) is 0. The Bertz CT molecular complexity index is 7550. The summed E-state index contributed by atoms with van der Waals surface area (Å²) in [6.45, 7) is 2.15. The first-order valence-electron chi connectivity index (χ1n) is 37.2. The molecule has 0 saturated heterocycles. The van der Waals surface area contributed by atoms with E-state index in [4.69, 9.17) is 0 Å². The van der Waals surface area contributed by atoms with Gasteiger partial charge in [-0.25, -0.2) is 0 Å². The predicted octanol–water partition coefficient (Wildman–Crippen LogP) is 29.2. The normalized spacial score (nSPS) is 12.0. The van der Waals surface area contributed by atoms with Crippen molar-refractivity contribution in [1.29, 1.82) is 0 Å². The Morgan fingerprint density at radius 3 is 0.944 bits per heavy atom. The third kappa shape index (κ3) is 9.39. The van der Waals surface area contributed by atoms with Gasteiger partial charge in [-0.15, -0.1) is 0 Å². The lowest BCUT2D eigenvalue weighted by Gasteiger charge is -2.19. The Morgan fingerprint density at radius 2 is 0.495 bits per heavy atom. The maximum Gasteiger partial charge on any atom is 0.0548 e. The minimum absolute atomic E-state index is 1.16. The van der Waals surface area contributed by atoms with E-state index in [1.54, 1.807) is 0 Å². The van der Waals surface area contributed by atoms with Crippen LogP contribution < -0.4 is 0 Å². The summed E-state index contributed by atoms with van der Waals surface area (Å²) in [5, 5.41) is 33.1. The van der Waals surface area contributed by atoms with Crippen molar-refractivity contribution in [1.82, 2.24) is 9.13 Å². The second-order valence-corrected chi connectivity index (χ2v) is 28.9. The van der Waals surface area contributed by atoms with E-state index in [2.05, 4.69) is 398 Å². The maximum absolute atomic E-state index is 2.52. The van der Waals surface area contributed by atoms with E-state index in [1.165, 1.54) is 218 Å². The second-order valence-electron chi connectivity index (χ2n) is 28.9. The molecule has 0 bridgehead atoms. The Hall–Kier alpha value is -13.9. The van der Waals surface area contributed by atoms with Crippen LogP contribution in [0.15, 0.2) is 382 Å². The van der Waals surface area contributed by atoms with Crippen LogP contribution in [-0.2, 0) is 0 Å². The minimum Gasteiger partial charge on any atom is -0.309 e. The van der Waals surface area contributed by atoms with Crippen LogP contribution in [0.4, 0.5) is 0 Å². The lowest BCUT2D eigenvalue weighted by Crippen LogP contribution is -1.96. The molecule has 23 rings (SSSR count). The van der Waals surface area contributed by atoms with Gasteiger partial charge in [-0.3, -0.25) is 0 Å². The summed E-state index contributed by atoms with van der Waals surface area (Å²) in [6.07, 6.45) is 0. The van der Waals surface area contributed by atoms with E-state index in [0.717, 1.165) is 5.69 Å². The molecular formula is C105H66N2. The van der Waals surface area contributed by atoms with Crippen LogP contribution in [0.25, 0.3) is 218 Å². The largest absolute Gasteiger partial charge is 0.309 e. The molecular weight excluding hydrogens is 1290 g/mol. The summed E-state index contributed by atoms with van der Waals surface area (Å²) in [6, 6.07) is 142. The van der Waals surface area contributed by atoms with Gasteiger partial charge >= 0.3 is 0 Å². The van der Waals surface area contributed by atoms with Crippen LogP contribution in [0, 0.1) is 6.92 Å². The molecule has 2 aromatic heterocycles. The number of aryl methyl sites for hydroxylation is 1. The van der Waals surface area contributed by atoms with Gasteiger partial charge in [0.2, 0.25) is 0 Å². The van der Waals surface area contributed by atoms with Gasteiger partial charge in [0.1, 0.15) is 0 Å². The first kappa shape index (κ1) is 60.6. The number of nitrogens with zero attached hydrogens (tertiary/aromatic N) is 2. The molecule has 0 fully saturated rings. The average molecular weight is 1360 g/mol. The molecule has 0 atom stereocenters. The van der Waals surface area contributed by atoms with E-state index >= 15 is 0 Å². The van der Waals surface area contributed by atoms with E-state index in [0.29, 0.717) is 0 Å². The molecule has 0 N–H and O–H groups in total. The second kappa shape index (κ2) is 24.1. The first-order valence-corrected chi connectivity index (χ1v) is 37.2. The Morgan fingerprint density at radius 1 is 0.178 bits per heavy atom. The third-order valence-electron chi connectivity index (χ3n) is 23.1. The van der Waals surface area contributed by atoms with Crippen molar-refractivity contribution in [3.05, 3.63) is 388 Å². The Balaban J connectivity index is 0.000000133. The highest BCUT2D eigenvalue weighted by molar-refractivity contribution is 6.32. The summed E-state index contributed by atoms with van der Waals surface area (Å²) in [5.74, 6) is 0. The molecule has 0 aliphatic heterocycles. The smallest absolute Gasteiger partial charge is 0.0548 e. The molecule has 2 heterocycles. The topological polar surface area (TPSA) is 9.86 Å². The third-order valence-corrected chi connectivity index (χ3v) is 23.1. The quantitative estimate of drug-likeness (QED) is 0.147. The van der Waals surface area contributed by atoms with Gasteiger partial charge in [0, 0.05) is 32.6 Å². The van der Waals surface area contributed by atoms with Gasteiger partial charge in [0.15, 0.2) is 0 Å². The monoisotopic (exact) mass is 1350 g/mol. The van der Waals surface area contributed by atoms with Crippen LogP contribution in [-0.4, -0.2) is 9.13 Å². The number of rotatable bonds is 6. The fraction of sp³-hybridized carbons (Fsp3) is 0.00952. The zero-order valence-corrected chi connectivity index (χ0v) is 58.8. The van der Waals surface area contributed by atoms with Crippen molar-refractivity contribution in [3.63, 3.8) is 0 Å². The highest BCUT2D eigenvalue weighted by Crippen LogP contribution is 2.50.